The van der Waals surface area contributed by atoms with Crippen molar-refractivity contribution in [3.05, 3.63) is 100.0 Å². The van der Waals surface area contributed by atoms with Crippen LogP contribution in [0.15, 0.2) is 82.0 Å². The van der Waals surface area contributed by atoms with E-state index in [2.05, 4.69) is 5.32 Å². The SMILES string of the molecule is Cc1ccc2oc(-c3ccc(C(=O)Nc4ccccc4F)cc3)cc(=O)c2c1. The van der Waals surface area contributed by atoms with E-state index in [-0.39, 0.29) is 11.1 Å². The van der Waals surface area contributed by atoms with Crippen molar-refractivity contribution in [2.45, 2.75) is 6.92 Å². The lowest BCUT2D eigenvalue weighted by atomic mass is 10.1. The average Bonchev–Trinajstić information content (AvgIpc) is 2.70. The lowest BCUT2D eigenvalue weighted by Crippen LogP contribution is -2.12. The summed E-state index contributed by atoms with van der Waals surface area (Å²) >= 11 is 0. The highest BCUT2D eigenvalue weighted by atomic mass is 19.1. The Balaban J connectivity index is 1.62. The minimum Gasteiger partial charge on any atom is -0.456 e. The first-order valence-corrected chi connectivity index (χ1v) is 8.72. The van der Waals surface area contributed by atoms with Gasteiger partial charge in [-0.05, 0) is 43.3 Å². The van der Waals surface area contributed by atoms with Crippen LogP contribution in [0.4, 0.5) is 10.1 Å². The second-order valence-corrected chi connectivity index (χ2v) is 6.49. The van der Waals surface area contributed by atoms with Crippen LogP contribution in [0.2, 0.25) is 0 Å². The molecule has 0 aliphatic rings. The molecule has 1 heterocycles. The normalized spacial score (nSPS) is 10.8. The van der Waals surface area contributed by atoms with Crippen LogP contribution >= 0.6 is 0 Å². The summed E-state index contributed by atoms with van der Waals surface area (Å²) in [5.74, 6) is -0.504. The second kappa shape index (κ2) is 7.12. The highest BCUT2D eigenvalue weighted by Crippen LogP contribution is 2.23. The van der Waals surface area contributed by atoms with E-state index in [1.807, 2.05) is 13.0 Å². The van der Waals surface area contributed by atoms with E-state index in [0.29, 0.717) is 27.9 Å². The molecule has 0 aliphatic heterocycles. The first-order valence-electron chi connectivity index (χ1n) is 8.72. The topological polar surface area (TPSA) is 59.3 Å². The van der Waals surface area contributed by atoms with Crippen LogP contribution in [-0.4, -0.2) is 5.91 Å². The van der Waals surface area contributed by atoms with Gasteiger partial charge in [-0.15, -0.1) is 0 Å². The maximum Gasteiger partial charge on any atom is 0.255 e. The number of carbonyl (C=O) groups is 1. The summed E-state index contributed by atoms with van der Waals surface area (Å²) in [7, 11) is 0. The van der Waals surface area contributed by atoms with E-state index in [1.54, 1.807) is 48.5 Å². The molecule has 0 fully saturated rings. The molecule has 0 bridgehead atoms. The van der Waals surface area contributed by atoms with Gasteiger partial charge in [0, 0.05) is 17.2 Å². The molecule has 1 aromatic heterocycles. The third-order valence-electron chi connectivity index (χ3n) is 4.44. The van der Waals surface area contributed by atoms with Crippen molar-refractivity contribution >= 4 is 22.6 Å². The molecule has 1 amide bonds. The predicted molar refractivity (Wildman–Crippen MR) is 107 cm³/mol. The van der Waals surface area contributed by atoms with Gasteiger partial charge >= 0.3 is 0 Å². The number of fused-ring (bicyclic) bond motifs is 1. The number of hydrogen-bond donors (Lipinski definition) is 1. The Kier molecular flexibility index (Phi) is 4.49. The third-order valence-corrected chi connectivity index (χ3v) is 4.44. The molecule has 5 heteroatoms. The maximum absolute atomic E-state index is 13.7. The Bertz CT molecular complexity index is 1240. The van der Waals surface area contributed by atoms with Crippen molar-refractivity contribution < 1.29 is 13.6 Å². The van der Waals surface area contributed by atoms with Crippen molar-refractivity contribution in [3.63, 3.8) is 0 Å². The molecule has 4 nitrogen and oxygen atoms in total. The summed E-state index contributed by atoms with van der Waals surface area (Å²) in [4.78, 5) is 24.7. The van der Waals surface area contributed by atoms with Crippen molar-refractivity contribution in [1.29, 1.82) is 0 Å². The molecule has 0 aliphatic carbocycles. The van der Waals surface area contributed by atoms with Crippen molar-refractivity contribution in [2.24, 2.45) is 0 Å². The second-order valence-electron chi connectivity index (χ2n) is 6.49. The third kappa shape index (κ3) is 3.42. The van der Waals surface area contributed by atoms with Gasteiger partial charge in [-0.3, -0.25) is 9.59 Å². The number of carbonyl (C=O) groups excluding carboxylic acids is 1. The molecule has 0 saturated heterocycles. The quantitative estimate of drug-likeness (QED) is 0.540. The van der Waals surface area contributed by atoms with Crippen LogP contribution in [-0.2, 0) is 0 Å². The van der Waals surface area contributed by atoms with Crippen molar-refractivity contribution in [3.8, 4) is 11.3 Å². The van der Waals surface area contributed by atoms with Crippen molar-refractivity contribution in [1.82, 2.24) is 0 Å². The molecule has 138 valence electrons. The fourth-order valence-corrected chi connectivity index (χ4v) is 2.96. The summed E-state index contributed by atoms with van der Waals surface area (Å²) in [5, 5.41) is 3.07. The molecular weight excluding hydrogens is 357 g/mol. The zero-order valence-corrected chi connectivity index (χ0v) is 15.0. The number of hydrogen-bond acceptors (Lipinski definition) is 3. The zero-order valence-electron chi connectivity index (χ0n) is 15.0. The highest BCUT2D eigenvalue weighted by molar-refractivity contribution is 6.04. The lowest BCUT2D eigenvalue weighted by Gasteiger charge is -2.07. The van der Waals surface area contributed by atoms with Crippen molar-refractivity contribution in [2.75, 3.05) is 5.32 Å². The summed E-state index contributed by atoms with van der Waals surface area (Å²) in [6, 6.07) is 19.4. The van der Waals surface area contributed by atoms with E-state index < -0.39 is 11.7 Å². The van der Waals surface area contributed by atoms with Crippen LogP contribution in [0.25, 0.3) is 22.3 Å². The number of rotatable bonds is 3. The smallest absolute Gasteiger partial charge is 0.255 e. The minimum atomic E-state index is -0.499. The van der Waals surface area contributed by atoms with E-state index in [9.17, 15) is 14.0 Å². The Morgan fingerprint density at radius 2 is 1.71 bits per heavy atom. The molecule has 0 saturated carbocycles. The Morgan fingerprint density at radius 3 is 2.46 bits per heavy atom. The average molecular weight is 373 g/mol. The van der Waals surface area contributed by atoms with Gasteiger partial charge in [0.2, 0.25) is 0 Å². The Hall–Kier alpha value is -3.73. The largest absolute Gasteiger partial charge is 0.456 e. The molecule has 4 aromatic rings. The zero-order chi connectivity index (χ0) is 19.7. The van der Waals surface area contributed by atoms with E-state index >= 15 is 0 Å². The van der Waals surface area contributed by atoms with Gasteiger partial charge in [0.05, 0.1) is 11.1 Å². The summed E-state index contributed by atoms with van der Waals surface area (Å²) < 4.78 is 19.5. The molecule has 0 unspecified atom stereocenters. The van der Waals surface area contributed by atoms with Gasteiger partial charge in [-0.2, -0.15) is 0 Å². The lowest BCUT2D eigenvalue weighted by molar-refractivity contribution is 0.102. The molecule has 0 atom stereocenters. The molecule has 1 N–H and O–H groups in total. The molecule has 4 rings (SSSR count). The van der Waals surface area contributed by atoms with E-state index in [0.717, 1.165) is 5.56 Å². The van der Waals surface area contributed by atoms with Gasteiger partial charge in [0.25, 0.3) is 5.91 Å². The summed E-state index contributed by atoms with van der Waals surface area (Å²) in [5.41, 5.74) is 2.52. The van der Waals surface area contributed by atoms with Gasteiger partial charge in [0.1, 0.15) is 17.2 Å². The first-order chi connectivity index (χ1) is 13.5. The summed E-state index contributed by atoms with van der Waals surface area (Å²) in [6.45, 7) is 1.91. The van der Waals surface area contributed by atoms with Crippen LogP contribution in [0, 0.1) is 12.7 Å². The number of nitrogens with one attached hydrogen (secondary N) is 1. The van der Waals surface area contributed by atoms with Gasteiger partial charge in [-0.1, -0.05) is 35.9 Å². The number of para-hydroxylation sites is 1. The number of anilines is 1. The van der Waals surface area contributed by atoms with E-state index in [1.165, 1.54) is 18.2 Å². The monoisotopic (exact) mass is 373 g/mol. The summed E-state index contributed by atoms with van der Waals surface area (Å²) in [6.07, 6.45) is 0. The molecule has 0 spiro atoms. The predicted octanol–water partition coefficient (Wildman–Crippen LogP) is 5.16. The number of benzene rings is 3. The Morgan fingerprint density at radius 1 is 0.964 bits per heavy atom. The van der Waals surface area contributed by atoms with Crippen LogP contribution < -0.4 is 10.7 Å². The van der Waals surface area contributed by atoms with Crippen LogP contribution in [0.1, 0.15) is 15.9 Å². The molecule has 3 aromatic carbocycles. The fraction of sp³-hybridized carbons (Fsp3) is 0.0435. The van der Waals surface area contributed by atoms with Crippen LogP contribution in [0.3, 0.4) is 0 Å². The van der Waals surface area contributed by atoms with E-state index in [4.69, 9.17) is 4.42 Å². The van der Waals surface area contributed by atoms with Gasteiger partial charge in [0.15, 0.2) is 5.43 Å². The first kappa shape index (κ1) is 17.7. The van der Waals surface area contributed by atoms with Crippen LogP contribution in [0.5, 0.6) is 0 Å². The molecule has 28 heavy (non-hydrogen) atoms. The standard InChI is InChI=1S/C23H16FNO3/c1-14-6-11-21-17(12-14)20(26)13-22(28-21)15-7-9-16(10-8-15)23(27)25-19-5-3-2-4-18(19)24/h2-13H,1H3,(H,25,27). The fourth-order valence-electron chi connectivity index (χ4n) is 2.96. The number of halogens is 1. The molecule has 0 radical (unpaired) electrons. The van der Waals surface area contributed by atoms with Gasteiger partial charge < -0.3 is 9.73 Å². The van der Waals surface area contributed by atoms with Gasteiger partial charge in [-0.25, -0.2) is 4.39 Å². The Labute approximate surface area is 160 Å². The maximum atomic E-state index is 13.7. The minimum absolute atomic E-state index is 0.118. The molecular formula is C23H16FNO3. The number of amides is 1. The number of aryl methyl sites for hydroxylation is 1. The highest BCUT2D eigenvalue weighted by Gasteiger charge is 2.11.